The summed E-state index contributed by atoms with van der Waals surface area (Å²) in [6, 6.07) is 11.1. The van der Waals surface area contributed by atoms with Gasteiger partial charge < -0.3 is 0 Å². The van der Waals surface area contributed by atoms with Crippen molar-refractivity contribution < 1.29 is 4.84 Å². The van der Waals surface area contributed by atoms with Gasteiger partial charge in [0.15, 0.2) is 0 Å². The van der Waals surface area contributed by atoms with E-state index in [1.54, 1.807) is 0 Å². The minimum absolute atomic E-state index is 0.458. The van der Waals surface area contributed by atoms with Crippen LogP contribution in [-0.2, 0) is 4.84 Å². The van der Waals surface area contributed by atoms with E-state index < -0.39 is 0 Å². The number of hydrogen-bond donors (Lipinski definition) is 0. The summed E-state index contributed by atoms with van der Waals surface area (Å²) in [7, 11) is 0. The topological polar surface area (TPSA) is 12.5 Å². The molecule has 1 fully saturated rings. The van der Waals surface area contributed by atoms with Crippen LogP contribution in [0.15, 0.2) is 30.3 Å². The van der Waals surface area contributed by atoms with Crippen LogP contribution in [0.2, 0.25) is 0 Å². The molecule has 0 aliphatic carbocycles. The predicted molar refractivity (Wildman–Crippen MR) is 61.4 cm³/mol. The Morgan fingerprint density at radius 2 is 2.07 bits per heavy atom. The fourth-order valence-corrected chi connectivity index (χ4v) is 2.23. The van der Waals surface area contributed by atoms with Gasteiger partial charge in [-0.3, -0.25) is 4.84 Å². The summed E-state index contributed by atoms with van der Waals surface area (Å²) >= 11 is 0. The summed E-state index contributed by atoms with van der Waals surface area (Å²) < 4.78 is 0. The summed E-state index contributed by atoms with van der Waals surface area (Å²) in [5.74, 6) is 0. The molecule has 0 aromatic heterocycles. The third kappa shape index (κ3) is 2.58. The van der Waals surface area contributed by atoms with Crippen molar-refractivity contribution in [2.45, 2.75) is 32.2 Å². The number of rotatable bonds is 3. The maximum Gasteiger partial charge on any atom is 0.0657 e. The predicted octanol–water partition coefficient (Wildman–Crippen LogP) is 3.17. The molecule has 0 bridgehead atoms. The Hall–Kier alpha value is -0.860. The van der Waals surface area contributed by atoms with Gasteiger partial charge in [0.2, 0.25) is 0 Å². The molecule has 2 rings (SSSR count). The zero-order valence-corrected chi connectivity index (χ0v) is 9.36. The molecular formula is C13H19NO. The van der Waals surface area contributed by atoms with E-state index in [1.807, 2.05) is 0 Å². The molecule has 1 aromatic rings. The fourth-order valence-electron chi connectivity index (χ4n) is 2.23. The summed E-state index contributed by atoms with van der Waals surface area (Å²) in [5, 5.41) is 2.15. The van der Waals surface area contributed by atoms with Crippen LogP contribution in [0.5, 0.6) is 0 Å². The Morgan fingerprint density at radius 1 is 1.27 bits per heavy atom. The maximum atomic E-state index is 5.68. The lowest BCUT2D eigenvalue weighted by molar-refractivity contribution is -0.196. The number of hydrogen-bond acceptors (Lipinski definition) is 2. The van der Waals surface area contributed by atoms with Crippen molar-refractivity contribution >= 4 is 0 Å². The molecule has 0 N–H and O–H groups in total. The van der Waals surface area contributed by atoms with Gasteiger partial charge in [0.1, 0.15) is 0 Å². The maximum absolute atomic E-state index is 5.68. The van der Waals surface area contributed by atoms with Gasteiger partial charge in [-0.25, -0.2) is 0 Å². The molecule has 1 aliphatic rings. The van der Waals surface area contributed by atoms with Crippen LogP contribution in [0, 0.1) is 0 Å². The first kappa shape index (κ1) is 10.7. The van der Waals surface area contributed by atoms with Gasteiger partial charge in [-0.1, -0.05) is 36.8 Å². The van der Waals surface area contributed by atoms with E-state index in [0.717, 1.165) is 13.2 Å². The average Bonchev–Trinajstić information content (AvgIpc) is 2.31. The molecule has 0 saturated carbocycles. The molecule has 0 spiro atoms. The number of hydroxylamine groups is 2. The van der Waals surface area contributed by atoms with Crippen molar-refractivity contribution in [3.05, 3.63) is 35.9 Å². The summed E-state index contributed by atoms with van der Waals surface area (Å²) in [5.41, 5.74) is 1.38. The SMILES string of the molecule is CCON1CCCCC1c1ccccc1. The third-order valence-corrected chi connectivity index (χ3v) is 2.93. The Labute approximate surface area is 91.8 Å². The van der Waals surface area contributed by atoms with Crippen molar-refractivity contribution in [3.8, 4) is 0 Å². The molecule has 15 heavy (non-hydrogen) atoms. The first-order valence-corrected chi connectivity index (χ1v) is 5.86. The van der Waals surface area contributed by atoms with Crippen molar-refractivity contribution in [3.63, 3.8) is 0 Å². The highest BCUT2D eigenvalue weighted by atomic mass is 16.7. The van der Waals surface area contributed by atoms with E-state index in [-0.39, 0.29) is 0 Å². The largest absolute Gasteiger partial charge is 0.299 e. The Bertz CT molecular complexity index is 284. The minimum Gasteiger partial charge on any atom is -0.299 e. The van der Waals surface area contributed by atoms with Crippen LogP contribution in [0.4, 0.5) is 0 Å². The van der Waals surface area contributed by atoms with Crippen molar-refractivity contribution in [2.75, 3.05) is 13.2 Å². The Balaban J connectivity index is 2.11. The van der Waals surface area contributed by atoms with Gasteiger partial charge >= 0.3 is 0 Å². The van der Waals surface area contributed by atoms with Crippen molar-refractivity contribution in [2.24, 2.45) is 0 Å². The zero-order valence-electron chi connectivity index (χ0n) is 9.36. The molecule has 2 nitrogen and oxygen atoms in total. The van der Waals surface area contributed by atoms with Crippen molar-refractivity contribution in [1.29, 1.82) is 0 Å². The lowest BCUT2D eigenvalue weighted by atomic mass is 9.97. The van der Waals surface area contributed by atoms with E-state index in [0.29, 0.717) is 6.04 Å². The monoisotopic (exact) mass is 205 g/mol. The van der Waals surface area contributed by atoms with E-state index >= 15 is 0 Å². The molecule has 2 heteroatoms. The van der Waals surface area contributed by atoms with Gasteiger partial charge in [0, 0.05) is 6.54 Å². The lowest BCUT2D eigenvalue weighted by Crippen LogP contribution is -2.33. The number of piperidine rings is 1. The van der Waals surface area contributed by atoms with Crippen molar-refractivity contribution in [1.82, 2.24) is 5.06 Å². The smallest absolute Gasteiger partial charge is 0.0657 e. The molecule has 1 saturated heterocycles. The van der Waals surface area contributed by atoms with Gasteiger partial charge in [-0.05, 0) is 25.3 Å². The highest BCUT2D eigenvalue weighted by Crippen LogP contribution is 2.30. The van der Waals surface area contributed by atoms with Gasteiger partial charge in [0.05, 0.1) is 12.6 Å². The first-order valence-electron chi connectivity index (χ1n) is 5.86. The van der Waals surface area contributed by atoms with E-state index in [4.69, 9.17) is 4.84 Å². The standard InChI is InChI=1S/C13H19NO/c1-2-15-14-11-7-6-10-13(14)12-8-4-3-5-9-12/h3-5,8-9,13H,2,6-7,10-11H2,1H3. The second kappa shape index (κ2) is 5.29. The summed E-state index contributed by atoms with van der Waals surface area (Å²) in [6.45, 7) is 3.88. The molecule has 82 valence electrons. The lowest BCUT2D eigenvalue weighted by Gasteiger charge is -2.34. The second-order valence-corrected chi connectivity index (χ2v) is 3.98. The average molecular weight is 205 g/mol. The minimum atomic E-state index is 0.458. The fraction of sp³-hybridized carbons (Fsp3) is 0.538. The van der Waals surface area contributed by atoms with Gasteiger partial charge in [-0.15, -0.1) is 0 Å². The molecule has 1 atom stereocenters. The van der Waals surface area contributed by atoms with E-state index in [1.165, 1.54) is 24.8 Å². The normalized spacial score (nSPS) is 22.9. The molecule has 1 aromatic carbocycles. The number of benzene rings is 1. The zero-order chi connectivity index (χ0) is 10.5. The molecular weight excluding hydrogens is 186 g/mol. The highest BCUT2D eigenvalue weighted by molar-refractivity contribution is 5.18. The van der Waals surface area contributed by atoms with E-state index in [9.17, 15) is 0 Å². The quantitative estimate of drug-likeness (QED) is 0.751. The number of nitrogens with zero attached hydrogens (tertiary/aromatic N) is 1. The Kier molecular flexibility index (Phi) is 3.75. The second-order valence-electron chi connectivity index (χ2n) is 3.98. The van der Waals surface area contributed by atoms with Crippen LogP contribution in [0.3, 0.4) is 0 Å². The molecule has 1 unspecified atom stereocenters. The van der Waals surface area contributed by atoms with Crippen LogP contribution in [0.1, 0.15) is 37.8 Å². The van der Waals surface area contributed by atoms with Crippen LogP contribution in [-0.4, -0.2) is 18.2 Å². The molecule has 1 heterocycles. The summed E-state index contributed by atoms with van der Waals surface area (Å²) in [4.78, 5) is 5.68. The summed E-state index contributed by atoms with van der Waals surface area (Å²) in [6.07, 6.45) is 3.77. The third-order valence-electron chi connectivity index (χ3n) is 2.93. The molecule has 0 amide bonds. The molecule has 0 radical (unpaired) electrons. The Morgan fingerprint density at radius 3 is 2.80 bits per heavy atom. The molecule has 1 aliphatic heterocycles. The van der Waals surface area contributed by atoms with E-state index in [2.05, 4.69) is 42.3 Å². The van der Waals surface area contributed by atoms with Gasteiger partial charge in [-0.2, -0.15) is 5.06 Å². The first-order chi connectivity index (χ1) is 7.42. The van der Waals surface area contributed by atoms with Crippen LogP contribution < -0.4 is 0 Å². The highest BCUT2D eigenvalue weighted by Gasteiger charge is 2.23. The van der Waals surface area contributed by atoms with Crippen LogP contribution in [0.25, 0.3) is 0 Å². The van der Waals surface area contributed by atoms with Crippen LogP contribution >= 0.6 is 0 Å². The van der Waals surface area contributed by atoms with Gasteiger partial charge in [0.25, 0.3) is 0 Å².